The van der Waals surface area contributed by atoms with Crippen molar-refractivity contribution >= 4 is 29.3 Å². The van der Waals surface area contributed by atoms with Gasteiger partial charge in [-0.2, -0.15) is 0 Å². The molecular weight excluding hydrogens is 421 g/mol. The number of carbonyl (C=O) groups is 1. The second-order valence-electron chi connectivity index (χ2n) is 7.23. The van der Waals surface area contributed by atoms with Gasteiger partial charge in [0, 0.05) is 12.5 Å². The first-order chi connectivity index (χ1) is 14.5. The summed E-state index contributed by atoms with van der Waals surface area (Å²) in [7, 11) is 0. The Morgan fingerprint density at radius 1 is 0.967 bits per heavy atom. The van der Waals surface area contributed by atoms with Gasteiger partial charge in [0.25, 0.3) is 0 Å². The minimum atomic E-state index is -0.756. The number of benzene rings is 3. The molecule has 0 spiro atoms. The molecular formula is C24H21Cl2NO3. The van der Waals surface area contributed by atoms with Crippen LogP contribution in [0.5, 0.6) is 0 Å². The summed E-state index contributed by atoms with van der Waals surface area (Å²) in [6.07, 6.45) is -0.922. The number of halogens is 2. The number of alkyl carbamates (subject to hydrolysis) is 1. The number of rotatable bonds is 6. The smallest absolute Gasteiger partial charge is 0.407 e. The fourth-order valence-corrected chi connectivity index (χ4v) is 4.15. The van der Waals surface area contributed by atoms with Crippen LogP contribution in [0.15, 0.2) is 66.7 Å². The maximum absolute atomic E-state index is 12.2. The molecule has 3 aromatic carbocycles. The van der Waals surface area contributed by atoms with E-state index in [0.717, 1.165) is 0 Å². The van der Waals surface area contributed by atoms with Gasteiger partial charge in [-0.25, -0.2) is 4.79 Å². The number of fused-ring (bicyclic) bond motifs is 3. The monoisotopic (exact) mass is 441 g/mol. The van der Waals surface area contributed by atoms with Crippen LogP contribution in [-0.4, -0.2) is 24.4 Å². The fraction of sp³-hybridized carbons (Fsp3) is 0.208. The van der Waals surface area contributed by atoms with Crippen LogP contribution in [-0.2, 0) is 4.74 Å². The lowest BCUT2D eigenvalue weighted by molar-refractivity contribution is 0.136. The van der Waals surface area contributed by atoms with Crippen molar-refractivity contribution in [3.05, 3.63) is 93.5 Å². The molecule has 30 heavy (non-hydrogen) atoms. The number of aliphatic hydroxyl groups is 1. The minimum absolute atomic E-state index is 0.0185. The molecule has 0 saturated carbocycles. The van der Waals surface area contributed by atoms with Gasteiger partial charge in [0.1, 0.15) is 6.61 Å². The van der Waals surface area contributed by atoms with E-state index in [-0.39, 0.29) is 19.1 Å². The molecule has 0 radical (unpaired) electrons. The van der Waals surface area contributed by atoms with Crippen LogP contribution in [0.4, 0.5) is 4.79 Å². The van der Waals surface area contributed by atoms with E-state index in [4.69, 9.17) is 27.9 Å². The zero-order valence-electron chi connectivity index (χ0n) is 16.1. The molecule has 0 bridgehead atoms. The Labute approximate surface area is 185 Å². The molecule has 0 heterocycles. The highest BCUT2D eigenvalue weighted by molar-refractivity contribution is 6.42. The van der Waals surface area contributed by atoms with Crippen molar-refractivity contribution in [3.8, 4) is 11.1 Å². The van der Waals surface area contributed by atoms with Crippen molar-refractivity contribution < 1.29 is 14.6 Å². The molecule has 2 N–H and O–H groups in total. The van der Waals surface area contributed by atoms with Gasteiger partial charge in [-0.3, -0.25) is 0 Å². The molecule has 1 amide bonds. The molecule has 0 fully saturated rings. The Morgan fingerprint density at radius 3 is 2.23 bits per heavy atom. The van der Waals surface area contributed by atoms with Crippen LogP contribution in [0, 0.1) is 0 Å². The third kappa shape index (κ3) is 4.31. The Morgan fingerprint density at radius 2 is 1.60 bits per heavy atom. The zero-order chi connectivity index (χ0) is 21.1. The standard InChI is InChI=1S/C24H21Cl2NO3/c25-21-10-9-15(13-22(21)26)23(28)11-12-27-24(29)30-14-20-18-7-3-1-5-16(18)17-6-2-4-8-19(17)20/h1-10,13,20,23,28H,11-12,14H2,(H,27,29). The van der Waals surface area contributed by atoms with Gasteiger partial charge in [0.15, 0.2) is 0 Å². The summed E-state index contributed by atoms with van der Waals surface area (Å²) in [5.74, 6) is 0.0185. The first-order valence-electron chi connectivity index (χ1n) is 9.76. The van der Waals surface area contributed by atoms with Crippen molar-refractivity contribution in [1.82, 2.24) is 5.32 Å². The predicted octanol–water partition coefficient (Wildman–Crippen LogP) is 5.96. The van der Waals surface area contributed by atoms with Gasteiger partial charge in [-0.15, -0.1) is 0 Å². The summed E-state index contributed by atoms with van der Waals surface area (Å²) in [5.41, 5.74) is 5.36. The summed E-state index contributed by atoms with van der Waals surface area (Å²) in [4.78, 5) is 12.2. The third-order valence-corrected chi connectivity index (χ3v) is 6.10. The number of aliphatic hydroxyl groups excluding tert-OH is 1. The van der Waals surface area contributed by atoms with E-state index in [1.807, 2.05) is 24.3 Å². The van der Waals surface area contributed by atoms with Crippen molar-refractivity contribution in [2.75, 3.05) is 13.2 Å². The first kappa shape index (κ1) is 20.7. The van der Waals surface area contributed by atoms with E-state index in [1.54, 1.807) is 18.2 Å². The second-order valence-corrected chi connectivity index (χ2v) is 8.04. The lowest BCUT2D eigenvalue weighted by atomic mass is 9.98. The summed E-state index contributed by atoms with van der Waals surface area (Å²) in [6, 6.07) is 21.4. The van der Waals surface area contributed by atoms with Gasteiger partial charge in [-0.1, -0.05) is 77.8 Å². The molecule has 1 atom stereocenters. The molecule has 4 nitrogen and oxygen atoms in total. The highest BCUT2D eigenvalue weighted by atomic mass is 35.5. The second kappa shape index (κ2) is 9.09. The highest BCUT2D eigenvalue weighted by Crippen LogP contribution is 2.44. The van der Waals surface area contributed by atoms with E-state index in [9.17, 15) is 9.90 Å². The maximum atomic E-state index is 12.2. The van der Waals surface area contributed by atoms with Crippen LogP contribution >= 0.6 is 23.2 Å². The van der Waals surface area contributed by atoms with Crippen LogP contribution in [0.25, 0.3) is 11.1 Å². The largest absolute Gasteiger partial charge is 0.449 e. The molecule has 4 rings (SSSR count). The molecule has 154 valence electrons. The topological polar surface area (TPSA) is 58.6 Å². The molecule has 3 aromatic rings. The fourth-order valence-electron chi connectivity index (χ4n) is 3.85. The Kier molecular flexibility index (Phi) is 6.28. The van der Waals surface area contributed by atoms with E-state index < -0.39 is 12.2 Å². The quantitative estimate of drug-likeness (QED) is 0.496. The number of carbonyl (C=O) groups excluding carboxylic acids is 1. The zero-order valence-corrected chi connectivity index (χ0v) is 17.7. The van der Waals surface area contributed by atoms with E-state index in [1.165, 1.54) is 22.3 Å². The summed E-state index contributed by atoms with van der Waals surface area (Å²) in [5, 5.41) is 13.8. The van der Waals surface area contributed by atoms with E-state index in [2.05, 4.69) is 29.6 Å². The van der Waals surface area contributed by atoms with Crippen molar-refractivity contribution in [2.24, 2.45) is 0 Å². The Balaban J connectivity index is 1.31. The number of ether oxygens (including phenoxy) is 1. The van der Waals surface area contributed by atoms with Gasteiger partial charge >= 0.3 is 6.09 Å². The van der Waals surface area contributed by atoms with E-state index >= 15 is 0 Å². The van der Waals surface area contributed by atoms with Crippen molar-refractivity contribution in [2.45, 2.75) is 18.4 Å². The SMILES string of the molecule is O=C(NCCC(O)c1ccc(Cl)c(Cl)c1)OCC1c2ccccc2-c2ccccc21. The van der Waals surface area contributed by atoms with Crippen LogP contribution in [0.2, 0.25) is 10.0 Å². The van der Waals surface area contributed by atoms with E-state index in [0.29, 0.717) is 22.0 Å². The lowest BCUT2D eigenvalue weighted by Crippen LogP contribution is -2.27. The van der Waals surface area contributed by atoms with Crippen LogP contribution in [0.3, 0.4) is 0 Å². The predicted molar refractivity (Wildman–Crippen MR) is 119 cm³/mol. The van der Waals surface area contributed by atoms with Gasteiger partial charge in [0.05, 0.1) is 16.1 Å². The molecule has 1 aliphatic carbocycles. The number of hydrogen-bond donors (Lipinski definition) is 2. The van der Waals surface area contributed by atoms with Crippen LogP contribution < -0.4 is 5.32 Å². The Bertz CT molecular complexity index is 1020. The molecule has 1 unspecified atom stereocenters. The normalized spacial score (nSPS) is 13.4. The number of amides is 1. The number of hydrogen-bond acceptors (Lipinski definition) is 3. The lowest BCUT2D eigenvalue weighted by Gasteiger charge is -2.15. The van der Waals surface area contributed by atoms with Crippen molar-refractivity contribution in [3.63, 3.8) is 0 Å². The number of nitrogens with one attached hydrogen (secondary N) is 1. The average Bonchev–Trinajstić information content (AvgIpc) is 3.08. The average molecular weight is 442 g/mol. The van der Waals surface area contributed by atoms with Gasteiger partial charge < -0.3 is 15.2 Å². The molecule has 1 aliphatic rings. The Hall–Kier alpha value is -2.53. The minimum Gasteiger partial charge on any atom is -0.449 e. The molecule has 0 aliphatic heterocycles. The molecule has 6 heteroatoms. The molecule has 0 aromatic heterocycles. The highest BCUT2D eigenvalue weighted by Gasteiger charge is 2.28. The maximum Gasteiger partial charge on any atom is 0.407 e. The van der Waals surface area contributed by atoms with Gasteiger partial charge in [-0.05, 0) is 46.4 Å². The summed E-state index contributed by atoms with van der Waals surface area (Å²) >= 11 is 11.9. The third-order valence-electron chi connectivity index (χ3n) is 5.36. The van der Waals surface area contributed by atoms with Crippen molar-refractivity contribution in [1.29, 1.82) is 0 Å². The molecule has 0 saturated heterocycles. The summed E-state index contributed by atoms with van der Waals surface area (Å²) < 4.78 is 5.49. The first-order valence-corrected chi connectivity index (χ1v) is 10.5. The summed E-state index contributed by atoms with van der Waals surface area (Å²) in [6.45, 7) is 0.535. The van der Waals surface area contributed by atoms with Crippen LogP contribution in [0.1, 0.15) is 35.1 Å². The van der Waals surface area contributed by atoms with Gasteiger partial charge in [0.2, 0.25) is 0 Å².